The van der Waals surface area contributed by atoms with Crippen LogP contribution in [-0.4, -0.2) is 35.8 Å². The minimum atomic E-state index is -4.41. The fraction of sp³-hybridized carbons (Fsp3) is 0.350. The van der Waals surface area contributed by atoms with Gasteiger partial charge >= 0.3 is 6.18 Å². The third kappa shape index (κ3) is 4.68. The Hall–Kier alpha value is -2.90. The van der Waals surface area contributed by atoms with Crippen molar-refractivity contribution in [2.75, 3.05) is 18.0 Å². The highest BCUT2D eigenvalue weighted by atomic mass is 19.4. The van der Waals surface area contributed by atoms with Gasteiger partial charge in [0, 0.05) is 30.9 Å². The van der Waals surface area contributed by atoms with Gasteiger partial charge in [-0.2, -0.15) is 13.2 Å². The van der Waals surface area contributed by atoms with Crippen molar-refractivity contribution >= 4 is 17.5 Å². The Kier molecular flexibility index (Phi) is 5.67. The fourth-order valence-electron chi connectivity index (χ4n) is 3.08. The summed E-state index contributed by atoms with van der Waals surface area (Å²) in [6.45, 7) is 2.96. The first kappa shape index (κ1) is 19.9. The van der Waals surface area contributed by atoms with E-state index in [4.69, 9.17) is 0 Å². The highest BCUT2D eigenvalue weighted by molar-refractivity contribution is 6.42. The van der Waals surface area contributed by atoms with Crippen LogP contribution in [0.3, 0.4) is 0 Å². The molecule has 0 atom stereocenters. The molecule has 2 heterocycles. The van der Waals surface area contributed by atoms with E-state index in [1.807, 2.05) is 11.8 Å². The van der Waals surface area contributed by atoms with Gasteiger partial charge in [0.1, 0.15) is 5.82 Å². The molecule has 1 aromatic carbocycles. The Morgan fingerprint density at radius 1 is 1.07 bits per heavy atom. The number of hydrogen-bond acceptors (Lipinski definition) is 4. The number of aromatic nitrogens is 1. The van der Waals surface area contributed by atoms with Crippen LogP contribution in [0.4, 0.5) is 19.0 Å². The van der Waals surface area contributed by atoms with Crippen LogP contribution in [0.2, 0.25) is 0 Å². The van der Waals surface area contributed by atoms with Gasteiger partial charge in [-0.05, 0) is 31.9 Å². The average molecular weight is 391 g/mol. The van der Waals surface area contributed by atoms with Crippen molar-refractivity contribution in [1.82, 2.24) is 10.3 Å². The number of carbonyl (C=O) groups is 2. The van der Waals surface area contributed by atoms with E-state index in [2.05, 4.69) is 10.3 Å². The molecule has 1 fully saturated rings. The molecule has 1 aromatic heterocycles. The van der Waals surface area contributed by atoms with Crippen LogP contribution in [0.1, 0.15) is 34.3 Å². The Balaban J connectivity index is 1.53. The molecule has 1 saturated heterocycles. The molecular weight excluding hydrogens is 371 g/mol. The second kappa shape index (κ2) is 8.00. The average Bonchev–Trinajstić information content (AvgIpc) is 2.68. The number of halogens is 3. The molecule has 148 valence electrons. The summed E-state index contributed by atoms with van der Waals surface area (Å²) < 4.78 is 37.9. The third-order valence-corrected chi connectivity index (χ3v) is 4.75. The van der Waals surface area contributed by atoms with Crippen LogP contribution < -0.4 is 10.2 Å². The zero-order chi connectivity index (χ0) is 20.3. The Labute approximate surface area is 160 Å². The minimum absolute atomic E-state index is 0.160. The number of nitrogens with one attached hydrogen (secondary N) is 1. The van der Waals surface area contributed by atoms with Crippen LogP contribution in [0, 0.1) is 6.92 Å². The molecule has 0 radical (unpaired) electrons. The number of alkyl halides is 3. The van der Waals surface area contributed by atoms with Crippen molar-refractivity contribution in [2.45, 2.75) is 32.0 Å². The molecular formula is C20H20F3N3O2. The predicted molar refractivity (Wildman–Crippen MR) is 98.1 cm³/mol. The van der Waals surface area contributed by atoms with Gasteiger partial charge in [-0.25, -0.2) is 4.98 Å². The number of amides is 1. The topological polar surface area (TPSA) is 62.3 Å². The number of aryl methyl sites for hydroxylation is 1. The van der Waals surface area contributed by atoms with E-state index >= 15 is 0 Å². The van der Waals surface area contributed by atoms with Crippen molar-refractivity contribution < 1.29 is 22.8 Å². The van der Waals surface area contributed by atoms with Crippen molar-refractivity contribution in [3.05, 3.63) is 59.3 Å². The summed E-state index contributed by atoms with van der Waals surface area (Å²) in [6.07, 6.45) is -2.43. The second-order valence-corrected chi connectivity index (χ2v) is 6.83. The molecule has 3 rings (SSSR count). The SMILES string of the molecule is Cc1ccc(C(=O)C(=O)NC2CCN(c3ccc(C(F)(F)F)cn3)CC2)cc1. The number of piperidine rings is 1. The number of carbonyl (C=O) groups excluding carboxylic acids is 2. The van der Waals surface area contributed by atoms with Gasteiger partial charge in [-0.1, -0.05) is 29.8 Å². The van der Waals surface area contributed by atoms with E-state index in [1.54, 1.807) is 24.3 Å². The van der Waals surface area contributed by atoms with E-state index in [0.717, 1.165) is 17.8 Å². The van der Waals surface area contributed by atoms with E-state index in [-0.39, 0.29) is 6.04 Å². The standard InChI is InChI=1S/C20H20F3N3O2/c1-13-2-4-14(5-3-13)18(27)19(28)25-16-8-10-26(11-9-16)17-7-6-15(12-24-17)20(21,22)23/h2-7,12,16H,8-11H2,1H3,(H,25,28). The second-order valence-electron chi connectivity index (χ2n) is 6.83. The summed E-state index contributed by atoms with van der Waals surface area (Å²) in [4.78, 5) is 30.2. The summed E-state index contributed by atoms with van der Waals surface area (Å²) in [6, 6.07) is 8.99. The molecule has 1 aliphatic rings. The highest BCUT2D eigenvalue weighted by Gasteiger charge is 2.31. The van der Waals surface area contributed by atoms with E-state index < -0.39 is 23.4 Å². The monoisotopic (exact) mass is 391 g/mol. The number of nitrogens with zero attached hydrogens (tertiary/aromatic N) is 2. The van der Waals surface area contributed by atoms with Gasteiger partial charge in [0.05, 0.1) is 5.56 Å². The molecule has 0 bridgehead atoms. The molecule has 1 amide bonds. The molecule has 0 aliphatic carbocycles. The maximum absolute atomic E-state index is 12.6. The fourth-order valence-corrected chi connectivity index (χ4v) is 3.08. The van der Waals surface area contributed by atoms with Crippen molar-refractivity contribution in [3.63, 3.8) is 0 Å². The van der Waals surface area contributed by atoms with Crippen LogP contribution in [-0.2, 0) is 11.0 Å². The molecule has 8 heteroatoms. The molecule has 2 aromatic rings. The zero-order valence-electron chi connectivity index (χ0n) is 15.3. The number of ketones is 1. The smallest absolute Gasteiger partial charge is 0.356 e. The maximum Gasteiger partial charge on any atom is 0.417 e. The lowest BCUT2D eigenvalue weighted by molar-refractivity contribution is -0.137. The van der Waals surface area contributed by atoms with Crippen molar-refractivity contribution in [2.24, 2.45) is 0 Å². The van der Waals surface area contributed by atoms with Gasteiger partial charge in [-0.3, -0.25) is 9.59 Å². The largest absolute Gasteiger partial charge is 0.417 e. The molecule has 0 saturated carbocycles. The molecule has 1 N–H and O–H groups in total. The third-order valence-electron chi connectivity index (χ3n) is 4.75. The number of hydrogen-bond donors (Lipinski definition) is 1. The molecule has 5 nitrogen and oxygen atoms in total. The van der Waals surface area contributed by atoms with E-state index in [9.17, 15) is 22.8 Å². The summed E-state index contributed by atoms with van der Waals surface area (Å²) in [7, 11) is 0. The predicted octanol–water partition coefficient (Wildman–Crippen LogP) is 3.38. The maximum atomic E-state index is 12.6. The summed E-state index contributed by atoms with van der Waals surface area (Å²) >= 11 is 0. The van der Waals surface area contributed by atoms with Crippen LogP contribution in [0.25, 0.3) is 0 Å². The lowest BCUT2D eigenvalue weighted by atomic mass is 10.0. The summed E-state index contributed by atoms with van der Waals surface area (Å²) in [5.41, 5.74) is 0.559. The summed E-state index contributed by atoms with van der Waals surface area (Å²) in [5.74, 6) is -0.754. The minimum Gasteiger partial charge on any atom is -0.356 e. The molecule has 1 aliphatic heterocycles. The van der Waals surface area contributed by atoms with Crippen molar-refractivity contribution in [1.29, 1.82) is 0 Å². The van der Waals surface area contributed by atoms with Crippen molar-refractivity contribution in [3.8, 4) is 0 Å². The van der Waals surface area contributed by atoms with Crippen LogP contribution in [0.15, 0.2) is 42.6 Å². The Bertz CT molecular complexity index is 840. The number of Topliss-reactive ketones (excluding diaryl/α,β-unsaturated/α-hetero) is 1. The quantitative estimate of drug-likeness (QED) is 0.641. The first-order valence-corrected chi connectivity index (χ1v) is 8.94. The lowest BCUT2D eigenvalue weighted by Crippen LogP contribution is -2.46. The first-order valence-electron chi connectivity index (χ1n) is 8.94. The van der Waals surface area contributed by atoms with Gasteiger partial charge < -0.3 is 10.2 Å². The van der Waals surface area contributed by atoms with Gasteiger partial charge in [0.25, 0.3) is 5.91 Å². The zero-order valence-corrected chi connectivity index (χ0v) is 15.3. The Morgan fingerprint density at radius 2 is 1.71 bits per heavy atom. The van der Waals surface area contributed by atoms with E-state index in [1.165, 1.54) is 6.07 Å². The molecule has 0 unspecified atom stereocenters. The molecule has 0 spiro atoms. The number of anilines is 1. The number of pyridine rings is 1. The number of rotatable bonds is 4. The van der Waals surface area contributed by atoms with Gasteiger partial charge in [-0.15, -0.1) is 0 Å². The van der Waals surface area contributed by atoms with Crippen LogP contribution >= 0.6 is 0 Å². The Morgan fingerprint density at radius 3 is 2.25 bits per heavy atom. The van der Waals surface area contributed by atoms with E-state index in [0.29, 0.717) is 37.3 Å². The van der Waals surface area contributed by atoms with Gasteiger partial charge in [0.2, 0.25) is 5.78 Å². The first-order chi connectivity index (χ1) is 13.2. The van der Waals surface area contributed by atoms with Crippen LogP contribution in [0.5, 0.6) is 0 Å². The van der Waals surface area contributed by atoms with Gasteiger partial charge in [0.15, 0.2) is 0 Å². The highest BCUT2D eigenvalue weighted by Crippen LogP contribution is 2.29. The normalized spacial score (nSPS) is 15.4. The summed E-state index contributed by atoms with van der Waals surface area (Å²) in [5, 5.41) is 2.75. The number of benzene rings is 1. The lowest BCUT2D eigenvalue weighted by Gasteiger charge is -2.33. The molecule has 28 heavy (non-hydrogen) atoms.